The number of nitrogens with one attached hydrogen (secondary N) is 1. The Morgan fingerprint density at radius 3 is 2.67 bits per heavy atom. The van der Waals surface area contributed by atoms with Gasteiger partial charge in [0.1, 0.15) is 5.75 Å². The maximum Gasteiger partial charge on any atom is 0.240 e. The molecule has 1 amide bonds. The molecule has 1 rings (SSSR count). The van der Waals surface area contributed by atoms with E-state index in [1.807, 2.05) is 0 Å². The molecule has 18 heavy (non-hydrogen) atoms. The molecule has 0 aliphatic carbocycles. The van der Waals surface area contributed by atoms with E-state index in [1.54, 1.807) is 0 Å². The second kappa shape index (κ2) is 5.69. The monoisotopic (exact) mass is 273 g/mol. The summed E-state index contributed by atoms with van der Waals surface area (Å²) in [5.41, 5.74) is 10.8. The number of sulfonamides is 1. The third-order valence-electron chi connectivity index (χ3n) is 2.18. The molecule has 8 heteroatoms. The maximum absolute atomic E-state index is 11.8. The minimum Gasteiger partial charge on any atom is -0.495 e. The van der Waals surface area contributed by atoms with Gasteiger partial charge in [-0.3, -0.25) is 4.79 Å². The van der Waals surface area contributed by atoms with Crippen molar-refractivity contribution in [3.05, 3.63) is 18.2 Å². The molecule has 0 heterocycles. The number of ether oxygens (including phenoxy) is 1. The van der Waals surface area contributed by atoms with Crippen molar-refractivity contribution in [2.24, 2.45) is 5.73 Å². The first kappa shape index (κ1) is 14.3. The highest BCUT2D eigenvalue weighted by Gasteiger charge is 2.15. The quantitative estimate of drug-likeness (QED) is 0.599. The van der Waals surface area contributed by atoms with Gasteiger partial charge in [0.05, 0.1) is 17.7 Å². The highest BCUT2D eigenvalue weighted by molar-refractivity contribution is 7.89. The van der Waals surface area contributed by atoms with Gasteiger partial charge in [0.25, 0.3) is 0 Å². The first-order chi connectivity index (χ1) is 8.36. The van der Waals surface area contributed by atoms with Crippen LogP contribution in [0.4, 0.5) is 5.69 Å². The van der Waals surface area contributed by atoms with Crippen LogP contribution >= 0.6 is 0 Å². The molecule has 0 fully saturated rings. The molecule has 1 aromatic rings. The van der Waals surface area contributed by atoms with Crippen molar-refractivity contribution in [2.45, 2.75) is 11.3 Å². The average molecular weight is 273 g/mol. The zero-order valence-electron chi connectivity index (χ0n) is 9.84. The maximum atomic E-state index is 11.8. The molecule has 5 N–H and O–H groups in total. The molecular formula is C10H15N3O4S. The van der Waals surface area contributed by atoms with Crippen molar-refractivity contribution in [3.63, 3.8) is 0 Å². The molecule has 0 atom stereocenters. The van der Waals surface area contributed by atoms with Crippen molar-refractivity contribution in [1.82, 2.24) is 4.72 Å². The van der Waals surface area contributed by atoms with E-state index in [1.165, 1.54) is 25.3 Å². The fraction of sp³-hybridized carbons (Fsp3) is 0.300. The lowest BCUT2D eigenvalue weighted by Gasteiger charge is -2.09. The van der Waals surface area contributed by atoms with Crippen molar-refractivity contribution >= 4 is 21.6 Å². The number of anilines is 1. The van der Waals surface area contributed by atoms with E-state index in [9.17, 15) is 13.2 Å². The van der Waals surface area contributed by atoms with Gasteiger partial charge in [-0.15, -0.1) is 0 Å². The lowest BCUT2D eigenvalue weighted by Crippen LogP contribution is -2.28. The Hall–Kier alpha value is -1.80. The molecule has 7 nitrogen and oxygen atoms in total. The van der Waals surface area contributed by atoms with Gasteiger partial charge in [-0.25, -0.2) is 13.1 Å². The smallest absolute Gasteiger partial charge is 0.240 e. The molecular weight excluding hydrogens is 258 g/mol. The Kier molecular flexibility index (Phi) is 4.51. The summed E-state index contributed by atoms with van der Waals surface area (Å²) < 4.78 is 30.9. The SMILES string of the molecule is COc1cc(S(=O)(=O)NCCC(N)=O)ccc1N. The molecule has 0 saturated carbocycles. The molecule has 0 saturated heterocycles. The number of carbonyl (C=O) groups excluding carboxylic acids is 1. The predicted molar refractivity (Wildman–Crippen MR) is 66.4 cm³/mol. The van der Waals surface area contributed by atoms with Crippen molar-refractivity contribution < 1.29 is 17.9 Å². The molecule has 0 aliphatic heterocycles. The summed E-state index contributed by atoms with van der Waals surface area (Å²) in [6.45, 7) is -0.0512. The van der Waals surface area contributed by atoms with E-state index in [-0.39, 0.29) is 23.6 Å². The molecule has 100 valence electrons. The topological polar surface area (TPSA) is 125 Å². The van der Waals surface area contributed by atoms with Gasteiger partial charge in [0.15, 0.2) is 0 Å². The number of nitrogens with two attached hydrogens (primary N) is 2. The number of carbonyl (C=O) groups is 1. The van der Waals surface area contributed by atoms with Crippen LogP contribution in [0.5, 0.6) is 5.75 Å². The molecule has 0 aromatic heterocycles. The Bertz CT molecular complexity index is 542. The second-order valence-corrected chi connectivity index (χ2v) is 5.28. The first-order valence-electron chi connectivity index (χ1n) is 5.08. The Morgan fingerprint density at radius 1 is 1.44 bits per heavy atom. The summed E-state index contributed by atoms with van der Waals surface area (Å²) in [6.07, 6.45) is -0.0641. The van der Waals surface area contributed by atoms with E-state index in [4.69, 9.17) is 16.2 Å². The van der Waals surface area contributed by atoms with Crippen LogP contribution < -0.4 is 20.9 Å². The van der Waals surface area contributed by atoms with Gasteiger partial charge in [-0.1, -0.05) is 0 Å². The normalized spacial score (nSPS) is 11.2. The minimum absolute atomic E-state index is 0.0121. The van der Waals surface area contributed by atoms with Crippen LogP contribution in [0, 0.1) is 0 Å². The number of primary amides is 1. The standard InChI is InChI=1S/C10H15N3O4S/c1-17-9-6-7(2-3-8(9)11)18(15,16)13-5-4-10(12)14/h2-3,6,13H,4-5,11H2,1H3,(H2,12,14). The van der Waals surface area contributed by atoms with Gasteiger partial charge in [0.2, 0.25) is 15.9 Å². The summed E-state index contributed by atoms with van der Waals surface area (Å²) >= 11 is 0. The summed E-state index contributed by atoms with van der Waals surface area (Å²) in [4.78, 5) is 10.5. The van der Waals surface area contributed by atoms with Crippen LogP contribution in [0.25, 0.3) is 0 Å². The number of nitrogen functional groups attached to an aromatic ring is 1. The van der Waals surface area contributed by atoms with E-state index in [2.05, 4.69) is 4.72 Å². The lowest BCUT2D eigenvalue weighted by atomic mass is 10.3. The van der Waals surface area contributed by atoms with Crippen molar-refractivity contribution in [2.75, 3.05) is 19.4 Å². The zero-order chi connectivity index (χ0) is 13.8. The number of rotatable bonds is 6. The average Bonchev–Trinajstić information content (AvgIpc) is 2.28. The summed E-state index contributed by atoms with van der Waals surface area (Å²) in [7, 11) is -2.31. The van der Waals surface area contributed by atoms with Gasteiger partial charge in [-0.05, 0) is 12.1 Å². The third kappa shape index (κ3) is 3.60. The fourth-order valence-corrected chi connectivity index (χ4v) is 2.30. The van der Waals surface area contributed by atoms with Crippen LogP contribution in [0.1, 0.15) is 6.42 Å². The van der Waals surface area contributed by atoms with Crippen LogP contribution in [-0.2, 0) is 14.8 Å². The van der Waals surface area contributed by atoms with E-state index in [0.717, 1.165) is 0 Å². The van der Waals surface area contributed by atoms with Crippen molar-refractivity contribution in [1.29, 1.82) is 0 Å². The van der Waals surface area contributed by atoms with Gasteiger partial charge in [0, 0.05) is 19.0 Å². The lowest BCUT2D eigenvalue weighted by molar-refractivity contribution is -0.117. The second-order valence-electron chi connectivity index (χ2n) is 3.52. The fourth-order valence-electron chi connectivity index (χ4n) is 1.25. The number of hydrogen-bond donors (Lipinski definition) is 3. The Balaban J connectivity index is 2.88. The zero-order valence-corrected chi connectivity index (χ0v) is 10.7. The Morgan fingerprint density at radius 2 is 2.11 bits per heavy atom. The van der Waals surface area contributed by atoms with Crippen LogP contribution in [0.2, 0.25) is 0 Å². The first-order valence-corrected chi connectivity index (χ1v) is 6.56. The van der Waals surface area contributed by atoms with Gasteiger partial charge >= 0.3 is 0 Å². The highest BCUT2D eigenvalue weighted by atomic mass is 32.2. The van der Waals surface area contributed by atoms with Crippen molar-refractivity contribution in [3.8, 4) is 5.75 Å². The van der Waals surface area contributed by atoms with Gasteiger partial charge < -0.3 is 16.2 Å². The van der Waals surface area contributed by atoms with E-state index < -0.39 is 15.9 Å². The van der Waals surface area contributed by atoms with E-state index in [0.29, 0.717) is 5.69 Å². The summed E-state index contributed by atoms with van der Waals surface area (Å²) in [5.74, 6) is -0.305. The molecule has 0 bridgehead atoms. The summed E-state index contributed by atoms with van der Waals surface area (Å²) in [5, 5.41) is 0. The number of hydrogen-bond acceptors (Lipinski definition) is 5. The molecule has 0 unspecified atom stereocenters. The molecule has 0 radical (unpaired) electrons. The van der Waals surface area contributed by atoms with E-state index >= 15 is 0 Å². The third-order valence-corrected chi connectivity index (χ3v) is 3.64. The van der Waals surface area contributed by atoms with Gasteiger partial charge in [-0.2, -0.15) is 0 Å². The highest BCUT2D eigenvalue weighted by Crippen LogP contribution is 2.24. The summed E-state index contributed by atoms with van der Waals surface area (Å²) in [6, 6.07) is 4.09. The number of benzene rings is 1. The predicted octanol–water partition coefficient (Wildman–Crippen LogP) is -0.569. The molecule has 0 aliphatic rings. The molecule has 1 aromatic carbocycles. The largest absolute Gasteiger partial charge is 0.495 e. The number of amides is 1. The van der Waals surface area contributed by atoms with Crippen LogP contribution in [0.3, 0.4) is 0 Å². The van der Waals surface area contributed by atoms with Crippen LogP contribution in [0.15, 0.2) is 23.1 Å². The van der Waals surface area contributed by atoms with Crippen LogP contribution in [-0.4, -0.2) is 28.0 Å². The minimum atomic E-state index is -3.70. The Labute approximate surface area is 105 Å². The number of methoxy groups -OCH3 is 1. The molecule has 0 spiro atoms.